The minimum atomic E-state index is 0.814. The maximum Gasteiger partial charge on any atom is 0.0198 e. The molecule has 2 rings (SSSR count). The van der Waals surface area contributed by atoms with E-state index in [-0.39, 0.29) is 0 Å². The summed E-state index contributed by atoms with van der Waals surface area (Å²) in [6.45, 7) is 8.59. The SMILES string of the molecule is CC(C)CCCCN1C[C@H]2CC[C@@H](C1)N2. The average molecular weight is 210 g/mol. The molecule has 2 saturated heterocycles. The quantitative estimate of drug-likeness (QED) is 0.700. The van der Waals surface area contributed by atoms with Crippen LogP contribution in [0.5, 0.6) is 0 Å². The topological polar surface area (TPSA) is 15.3 Å². The van der Waals surface area contributed by atoms with E-state index in [4.69, 9.17) is 0 Å². The largest absolute Gasteiger partial charge is 0.309 e. The number of nitrogens with one attached hydrogen (secondary N) is 1. The molecular weight excluding hydrogens is 184 g/mol. The van der Waals surface area contributed by atoms with Crippen molar-refractivity contribution in [2.75, 3.05) is 19.6 Å². The number of nitrogens with zero attached hydrogens (tertiary/aromatic N) is 1. The molecule has 2 bridgehead atoms. The number of rotatable bonds is 5. The van der Waals surface area contributed by atoms with E-state index in [1.165, 1.54) is 51.7 Å². The van der Waals surface area contributed by atoms with Gasteiger partial charge in [-0.1, -0.05) is 26.7 Å². The first kappa shape index (κ1) is 11.4. The van der Waals surface area contributed by atoms with E-state index in [1.54, 1.807) is 0 Å². The lowest BCUT2D eigenvalue weighted by molar-refractivity contribution is 0.192. The first-order valence-corrected chi connectivity index (χ1v) is 6.72. The minimum Gasteiger partial charge on any atom is -0.309 e. The van der Waals surface area contributed by atoms with E-state index in [0.29, 0.717) is 0 Å². The maximum atomic E-state index is 3.69. The summed E-state index contributed by atoms with van der Waals surface area (Å²) in [5, 5.41) is 3.69. The van der Waals surface area contributed by atoms with Crippen molar-refractivity contribution in [2.45, 2.75) is 58.0 Å². The maximum absolute atomic E-state index is 3.69. The molecule has 2 fully saturated rings. The lowest BCUT2D eigenvalue weighted by Crippen LogP contribution is -2.51. The summed E-state index contributed by atoms with van der Waals surface area (Å²) in [5.74, 6) is 0.879. The highest BCUT2D eigenvalue weighted by Crippen LogP contribution is 2.20. The Balaban J connectivity index is 1.59. The van der Waals surface area contributed by atoms with Crippen molar-refractivity contribution in [1.82, 2.24) is 10.2 Å². The van der Waals surface area contributed by atoms with Gasteiger partial charge >= 0.3 is 0 Å². The van der Waals surface area contributed by atoms with E-state index >= 15 is 0 Å². The van der Waals surface area contributed by atoms with Gasteiger partial charge in [0, 0.05) is 25.2 Å². The Morgan fingerprint density at radius 3 is 2.40 bits per heavy atom. The molecule has 2 heteroatoms. The van der Waals surface area contributed by atoms with Crippen molar-refractivity contribution in [1.29, 1.82) is 0 Å². The van der Waals surface area contributed by atoms with Crippen molar-refractivity contribution in [3.05, 3.63) is 0 Å². The van der Waals surface area contributed by atoms with Gasteiger partial charge in [-0.25, -0.2) is 0 Å². The fraction of sp³-hybridized carbons (Fsp3) is 1.00. The normalized spacial score (nSPS) is 31.4. The van der Waals surface area contributed by atoms with Gasteiger partial charge in [0.05, 0.1) is 0 Å². The predicted octanol–water partition coefficient (Wildman–Crippen LogP) is 2.25. The van der Waals surface area contributed by atoms with Gasteiger partial charge in [0.2, 0.25) is 0 Å². The van der Waals surface area contributed by atoms with Gasteiger partial charge in [-0.3, -0.25) is 0 Å². The Morgan fingerprint density at radius 2 is 1.80 bits per heavy atom. The van der Waals surface area contributed by atoms with E-state index in [1.807, 2.05) is 0 Å². The smallest absolute Gasteiger partial charge is 0.0198 e. The standard InChI is InChI=1S/C13H26N2/c1-11(2)5-3-4-8-15-9-12-6-7-13(10-15)14-12/h11-14H,3-10H2,1-2H3/t12-,13+. The van der Waals surface area contributed by atoms with Crippen LogP contribution < -0.4 is 5.32 Å². The van der Waals surface area contributed by atoms with Crippen molar-refractivity contribution < 1.29 is 0 Å². The van der Waals surface area contributed by atoms with Crippen molar-refractivity contribution >= 4 is 0 Å². The fourth-order valence-corrected chi connectivity index (χ4v) is 2.96. The second-order valence-corrected chi connectivity index (χ2v) is 5.79. The van der Waals surface area contributed by atoms with E-state index in [9.17, 15) is 0 Å². The third-order valence-corrected chi connectivity index (χ3v) is 3.80. The summed E-state index contributed by atoms with van der Waals surface area (Å²) < 4.78 is 0. The number of hydrogen-bond donors (Lipinski definition) is 1. The van der Waals surface area contributed by atoms with E-state index in [2.05, 4.69) is 24.1 Å². The van der Waals surface area contributed by atoms with Crippen molar-refractivity contribution in [2.24, 2.45) is 5.92 Å². The summed E-state index contributed by atoms with van der Waals surface area (Å²) in [7, 11) is 0. The molecule has 2 aliphatic rings. The molecule has 2 aliphatic heterocycles. The van der Waals surface area contributed by atoms with Crippen molar-refractivity contribution in [3.8, 4) is 0 Å². The van der Waals surface area contributed by atoms with E-state index in [0.717, 1.165) is 18.0 Å². The molecule has 0 saturated carbocycles. The van der Waals surface area contributed by atoms with Gasteiger partial charge < -0.3 is 10.2 Å². The second-order valence-electron chi connectivity index (χ2n) is 5.79. The van der Waals surface area contributed by atoms with Crippen LogP contribution >= 0.6 is 0 Å². The number of likely N-dealkylation sites (tertiary alicyclic amines) is 1. The van der Waals surface area contributed by atoms with Crippen LogP contribution in [-0.2, 0) is 0 Å². The molecule has 2 nitrogen and oxygen atoms in total. The molecule has 0 aromatic heterocycles. The summed E-state index contributed by atoms with van der Waals surface area (Å²) in [5.41, 5.74) is 0. The zero-order valence-electron chi connectivity index (χ0n) is 10.3. The third kappa shape index (κ3) is 3.46. The van der Waals surface area contributed by atoms with Gasteiger partial charge in [-0.05, 0) is 31.7 Å². The summed E-state index contributed by atoms with van der Waals surface area (Å²) in [6, 6.07) is 1.63. The summed E-state index contributed by atoms with van der Waals surface area (Å²) in [4.78, 5) is 2.68. The van der Waals surface area contributed by atoms with Crippen LogP contribution in [-0.4, -0.2) is 36.6 Å². The Labute approximate surface area is 94.4 Å². The van der Waals surface area contributed by atoms with Gasteiger partial charge in [0.15, 0.2) is 0 Å². The number of hydrogen-bond acceptors (Lipinski definition) is 2. The predicted molar refractivity (Wildman–Crippen MR) is 65.1 cm³/mol. The van der Waals surface area contributed by atoms with Gasteiger partial charge in [-0.15, -0.1) is 0 Å². The van der Waals surface area contributed by atoms with Gasteiger partial charge in [0.25, 0.3) is 0 Å². The molecule has 2 heterocycles. The van der Waals surface area contributed by atoms with Crippen LogP contribution in [0, 0.1) is 5.92 Å². The molecule has 0 aromatic carbocycles. The Kier molecular flexibility index (Phi) is 4.04. The van der Waals surface area contributed by atoms with Crippen LogP contribution in [0.4, 0.5) is 0 Å². The molecule has 1 N–H and O–H groups in total. The van der Waals surface area contributed by atoms with Crippen LogP contribution in [0.1, 0.15) is 46.0 Å². The molecular formula is C13H26N2. The number of piperazine rings is 1. The average Bonchev–Trinajstić information content (AvgIpc) is 2.53. The Bertz CT molecular complexity index is 179. The lowest BCUT2D eigenvalue weighted by atomic mass is 10.1. The molecule has 2 atom stereocenters. The molecule has 0 aliphatic carbocycles. The molecule has 0 amide bonds. The van der Waals surface area contributed by atoms with Gasteiger partial charge in [0.1, 0.15) is 0 Å². The third-order valence-electron chi connectivity index (χ3n) is 3.80. The number of unbranched alkanes of at least 4 members (excludes halogenated alkanes) is 1. The molecule has 0 spiro atoms. The highest BCUT2D eigenvalue weighted by Gasteiger charge is 2.31. The fourth-order valence-electron chi connectivity index (χ4n) is 2.96. The number of fused-ring (bicyclic) bond motifs is 2. The Hall–Kier alpha value is -0.0800. The minimum absolute atomic E-state index is 0.814. The van der Waals surface area contributed by atoms with Crippen LogP contribution in [0.25, 0.3) is 0 Å². The highest BCUT2D eigenvalue weighted by atomic mass is 15.2. The monoisotopic (exact) mass is 210 g/mol. The first-order valence-electron chi connectivity index (χ1n) is 6.72. The lowest BCUT2D eigenvalue weighted by Gasteiger charge is -2.32. The van der Waals surface area contributed by atoms with E-state index < -0.39 is 0 Å². The zero-order valence-corrected chi connectivity index (χ0v) is 10.3. The molecule has 88 valence electrons. The Morgan fingerprint density at radius 1 is 1.13 bits per heavy atom. The molecule has 0 radical (unpaired) electrons. The highest BCUT2D eigenvalue weighted by molar-refractivity contribution is 4.92. The van der Waals surface area contributed by atoms with Crippen LogP contribution in [0.2, 0.25) is 0 Å². The summed E-state index contributed by atoms with van der Waals surface area (Å²) >= 11 is 0. The zero-order chi connectivity index (χ0) is 10.7. The molecule has 0 aromatic rings. The molecule has 0 unspecified atom stereocenters. The van der Waals surface area contributed by atoms with Crippen LogP contribution in [0.3, 0.4) is 0 Å². The van der Waals surface area contributed by atoms with Gasteiger partial charge in [-0.2, -0.15) is 0 Å². The first-order chi connectivity index (χ1) is 7.24. The summed E-state index contributed by atoms with van der Waals surface area (Å²) in [6.07, 6.45) is 7.04. The van der Waals surface area contributed by atoms with Crippen LogP contribution in [0.15, 0.2) is 0 Å². The molecule has 15 heavy (non-hydrogen) atoms. The second kappa shape index (κ2) is 5.31. The van der Waals surface area contributed by atoms with Crippen molar-refractivity contribution in [3.63, 3.8) is 0 Å².